The standard InChI is InChI=1S/C30H27N3O3/c31-20-22-15-13-21(14-16-22)7-6-11-28(34)24-17-18-25-27(19-24)32-26(10-4-5-12-29(35)36)30(33-25)23-8-2-1-3-9-23/h1-3,8-9,13-19H,4-7,10-12H2,(H,35,36). The maximum atomic E-state index is 12.9. The number of ketones is 1. The Morgan fingerprint density at radius 1 is 0.806 bits per heavy atom. The van der Waals surface area contributed by atoms with Crippen LogP contribution in [0.1, 0.15) is 59.3 Å². The number of nitriles is 1. The number of aliphatic carboxylic acids is 1. The van der Waals surface area contributed by atoms with Crippen molar-refractivity contribution in [1.82, 2.24) is 9.97 Å². The molecule has 0 spiro atoms. The number of rotatable bonds is 11. The van der Waals surface area contributed by atoms with Crippen molar-refractivity contribution in [2.24, 2.45) is 0 Å². The highest BCUT2D eigenvalue weighted by Gasteiger charge is 2.14. The van der Waals surface area contributed by atoms with E-state index < -0.39 is 5.97 Å². The van der Waals surface area contributed by atoms with E-state index in [1.807, 2.05) is 60.7 Å². The summed E-state index contributed by atoms with van der Waals surface area (Å²) >= 11 is 0. The molecule has 0 fully saturated rings. The van der Waals surface area contributed by atoms with Crippen LogP contribution in [0.25, 0.3) is 22.3 Å². The Bertz CT molecular complexity index is 1410. The number of benzene rings is 3. The molecule has 1 N–H and O–H groups in total. The van der Waals surface area contributed by atoms with Gasteiger partial charge >= 0.3 is 5.97 Å². The SMILES string of the molecule is N#Cc1ccc(CCCC(=O)c2ccc3nc(-c4ccccc4)c(CCCCC(=O)O)nc3c2)cc1. The highest BCUT2D eigenvalue weighted by Crippen LogP contribution is 2.26. The number of aromatic nitrogens is 2. The Morgan fingerprint density at radius 2 is 1.58 bits per heavy atom. The summed E-state index contributed by atoms with van der Waals surface area (Å²) in [7, 11) is 0. The number of carbonyl (C=O) groups excluding carboxylic acids is 1. The van der Waals surface area contributed by atoms with Crippen molar-refractivity contribution < 1.29 is 14.7 Å². The Kier molecular flexibility index (Phi) is 8.15. The summed E-state index contributed by atoms with van der Waals surface area (Å²) in [6, 6.07) is 24.8. The topological polar surface area (TPSA) is 104 Å². The van der Waals surface area contributed by atoms with Gasteiger partial charge in [-0.25, -0.2) is 9.97 Å². The van der Waals surface area contributed by atoms with Crippen LogP contribution in [0, 0.1) is 11.3 Å². The van der Waals surface area contributed by atoms with Gasteiger partial charge < -0.3 is 5.11 Å². The van der Waals surface area contributed by atoms with E-state index in [4.69, 9.17) is 20.3 Å². The van der Waals surface area contributed by atoms with Gasteiger partial charge in [0.25, 0.3) is 0 Å². The second-order valence-electron chi connectivity index (χ2n) is 8.77. The molecule has 6 nitrogen and oxygen atoms in total. The minimum absolute atomic E-state index is 0.0579. The predicted octanol–water partition coefficient (Wildman–Crippen LogP) is 6.17. The minimum atomic E-state index is -0.801. The zero-order chi connectivity index (χ0) is 25.3. The largest absolute Gasteiger partial charge is 0.481 e. The fourth-order valence-corrected chi connectivity index (χ4v) is 4.18. The van der Waals surface area contributed by atoms with Gasteiger partial charge in [0, 0.05) is 24.0 Å². The highest BCUT2D eigenvalue weighted by molar-refractivity contribution is 5.99. The van der Waals surface area contributed by atoms with Crippen LogP contribution in [0.15, 0.2) is 72.8 Å². The van der Waals surface area contributed by atoms with Gasteiger partial charge in [-0.3, -0.25) is 9.59 Å². The number of carboxylic acids is 1. The third kappa shape index (κ3) is 6.39. The number of nitrogens with zero attached hydrogens (tertiary/aromatic N) is 3. The molecular formula is C30H27N3O3. The van der Waals surface area contributed by atoms with Crippen molar-refractivity contribution in [1.29, 1.82) is 5.26 Å². The van der Waals surface area contributed by atoms with Crippen LogP contribution in [0.5, 0.6) is 0 Å². The lowest BCUT2D eigenvalue weighted by atomic mass is 10.0. The minimum Gasteiger partial charge on any atom is -0.481 e. The monoisotopic (exact) mass is 477 g/mol. The second-order valence-corrected chi connectivity index (χ2v) is 8.77. The van der Waals surface area contributed by atoms with Crippen LogP contribution in [-0.4, -0.2) is 26.8 Å². The molecule has 0 aliphatic carbocycles. The Labute approximate surface area is 210 Å². The quantitative estimate of drug-likeness (QED) is 0.205. The van der Waals surface area contributed by atoms with Gasteiger partial charge in [-0.15, -0.1) is 0 Å². The number of carbonyl (C=O) groups is 2. The molecule has 0 unspecified atom stereocenters. The first-order valence-corrected chi connectivity index (χ1v) is 12.1. The number of Topliss-reactive ketones (excluding diaryl/α,β-unsaturated/α-hetero) is 1. The van der Waals surface area contributed by atoms with Gasteiger partial charge in [-0.05, 0) is 68.0 Å². The summed E-state index contributed by atoms with van der Waals surface area (Å²) in [4.78, 5) is 33.5. The van der Waals surface area contributed by atoms with Crippen LogP contribution < -0.4 is 0 Å². The molecule has 0 bridgehead atoms. The average molecular weight is 478 g/mol. The lowest BCUT2D eigenvalue weighted by Crippen LogP contribution is -2.03. The second kappa shape index (κ2) is 11.9. The van der Waals surface area contributed by atoms with Gasteiger partial charge in [0.1, 0.15) is 0 Å². The molecular weight excluding hydrogens is 450 g/mol. The van der Waals surface area contributed by atoms with E-state index in [9.17, 15) is 9.59 Å². The molecule has 0 saturated heterocycles. The highest BCUT2D eigenvalue weighted by atomic mass is 16.4. The first kappa shape index (κ1) is 24.7. The molecule has 36 heavy (non-hydrogen) atoms. The number of carboxylic acid groups (broad SMARTS) is 1. The zero-order valence-corrected chi connectivity index (χ0v) is 20.0. The van der Waals surface area contributed by atoms with E-state index >= 15 is 0 Å². The molecule has 1 heterocycles. The predicted molar refractivity (Wildman–Crippen MR) is 139 cm³/mol. The molecule has 4 aromatic rings. The molecule has 0 aliphatic rings. The number of fused-ring (bicyclic) bond motifs is 1. The van der Waals surface area contributed by atoms with Crippen LogP contribution in [0.3, 0.4) is 0 Å². The molecule has 6 heteroatoms. The molecule has 4 rings (SSSR count). The van der Waals surface area contributed by atoms with Gasteiger partial charge in [0.05, 0.1) is 34.1 Å². The molecule has 1 aromatic heterocycles. The van der Waals surface area contributed by atoms with Crippen LogP contribution in [-0.2, 0) is 17.6 Å². The van der Waals surface area contributed by atoms with Crippen LogP contribution in [0.4, 0.5) is 0 Å². The number of aryl methyl sites for hydroxylation is 2. The summed E-state index contributed by atoms with van der Waals surface area (Å²) in [5.74, 6) is -0.743. The Morgan fingerprint density at radius 3 is 2.31 bits per heavy atom. The maximum absolute atomic E-state index is 12.9. The average Bonchev–Trinajstić information content (AvgIpc) is 2.91. The van der Waals surface area contributed by atoms with Crippen molar-refractivity contribution in [3.05, 3.63) is 95.2 Å². The Balaban J connectivity index is 1.51. The summed E-state index contributed by atoms with van der Waals surface area (Å²) < 4.78 is 0. The van der Waals surface area contributed by atoms with Crippen molar-refractivity contribution in [3.63, 3.8) is 0 Å². The number of unbranched alkanes of at least 4 members (excludes halogenated alkanes) is 1. The lowest BCUT2D eigenvalue weighted by molar-refractivity contribution is -0.137. The van der Waals surface area contributed by atoms with E-state index in [0.29, 0.717) is 42.3 Å². The van der Waals surface area contributed by atoms with Gasteiger partial charge in [-0.2, -0.15) is 5.26 Å². The molecule has 0 amide bonds. The lowest BCUT2D eigenvalue weighted by Gasteiger charge is -2.11. The van der Waals surface area contributed by atoms with Crippen molar-refractivity contribution in [3.8, 4) is 17.3 Å². The van der Waals surface area contributed by atoms with Gasteiger partial charge in [0.15, 0.2) is 5.78 Å². The van der Waals surface area contributed by atoms with Crippen molar-refractivity contribution in [2.75, 3.05) is 0 Å². The van der Waals surface area contributed by atoms with E-state index in [0.717, 1.165) is 40.9 Å². The zero-order valence-electron chi connectivity index (χ0n) is 20.0. The van der Waals surface area contributed by atoms with E-state index in [-0.39, 0.29) is 12.2 Å². The smallest absolute Gasteiger partial charge is 0.303 e. The fourth-order valence-electron chi connectivity index (χ4n) is 4.18. The third-order valence-electron chi connectivity index (χ3n) is 6.11. The molecule has 3 aromatic carbocycles. The van der Waals surface area contributed by atoms with E-state index in [1.165, 1.54) is 0 Å². The maximum Gasteiger partial charge on any atom is 0.303 e. The van der Waals surface area contributed by atoms with Crippen molar-refractivity contribution in [2.45, 2.75) is 44.9 Å². The molecule has 0 radical (unpaired) electrons. The summed E-state index contributed by atoms with van der Waals surface area (Å²) in [6.45, 7) is 0. The summed E-state index contributed by atoms with van der Waals surface area (Å²) in [5, 5.41) is 17.9. The van der Waals surface area contributed by atoms with Crippen LogP contribution in [0.2, 0.25) is 0 Å². The number of hydrogen-bond donors (Lipinski definition) is 1. The molecule has 0 aliphatic heterocycles. The normalized spacial score (nSPS) is 10.8. The fraction of sp³-hybridized carbons (Fsp3) is 0.233. The summed E-state index contributed by atoms with van der Waals surface area (Å²) in [5.41, 5.74) is 6.29. The third-order valence-corrected chi connectivity index (χ3v) is 6.11. The van der Waals surface area contributed by atoms with Crippen molar-refractivity contribution >= 4 is 22.8 Å². The van der Waals surface area contributed by atoms with E-state index in [2.05, 4.69) is 6.07 Å². The number of hydrogen-bond acceptors (Lipinski definition) is 5. The first-order chi connectivity index (χ1) is 17.5. The summed E-state index contributed by atoms with van der Waals surface area (Å²) in [6.07, 6.45) is 3.92. The van der Waals surface area contributed by atoms with Crippen LogP contribution >= 0.6 is 0 Å². The first-order valence-electron chi connectivity index (χ1n) is 12.1. The Hall–Kier alpha value is -4.37. The van der Waals surface area contributed by atoms with Gasteiger partial charge in [-0.1, -0.05) is 42.5 Å². The van der Waals surface area contributed by atoms with E-state index in [1.54, 1.807) is 12.1 Å². The van der Waals surface area contributed by atoms with Gasteiger partial charge in [0.2, 0.25) is 0 Å². The molecule has 0 saturated carbocycles. The molecule has 180 valence electrons. The molecule has 0 atom stereocenters.